The smallest absolute Gasteiger partial charge is 0.257 e. The maximum absolute atomic E-state index is 6.25. The highest BCUT2D eigenvalue weighted by Crippen LogP contribution is 2.37. The topological polar surface area (TPSA) is 75.6 Å². The summed E-state index contributed by atoms with van der Waals surface area (Å²) in [5, 5.41) is 3.96. The lowest BCUT2D eigenvalue weighted by Crippen LogP contribution is -2.39. The summed E-state index contributed by atoms with van der Waals surface area (Å²) in [4.78, 5) is 19.5. The predicted octanol–water partition coefficient (Wildman–Crippen LogP) is 5.49. The van der Waals surface area contributed by atoms with Gasteiger partial charge in [0, 0.05) is 50.2 Å². The Labute approximate surface area is 238 Å². The molecule has 0 aromatic carbocycles. The molecule has 40 heavy (non-hydrogen) atoms. The summed E-state index contributed by atoms with van der Waals surface area (Å²) >= 11 is 0. The van der Waals surface area contributed by atoms with E-state index in [4.69, 9.17) is 19.4 Å². The molecule has 3 aromatic rings. The van der Waals surface area contributed by atoms with E-state index in [9.17, 15) is 0 Å². The van der Waals surface area contributed by atoms with Crippen LogP contribution in [0.5, 0.6) is 11.6 Å². The Bertz CT molecular complexity index is 1280. The van der Waals surface area contributed by atoms with Gasteiger partial charge in [0.25, 0.3) is 5.88 Å². The Kier molecular flexibility index (Phi) is 8.51. The van der Waals surface area contributed by atoms with Crippen LogP contribution in [0.1, 0.15) is 63.1 Å². The van der Waals surface area contributed by atoms with Gasteiger partial charge in [-0.15, -0.1) is 0 Å². The maximum atomic E-state index is 6.25. The van der Waals surface area contributed by atoms with Gasteiger partial charge < -0.3 is 24.6 Å². The molecule has 6 rings (SSSR count). The van der Waals surface area contributed by atoms with Crippen molar-refractivity contribution in [3.05, 3.63) is 41.9 Å². The van der Waals surface area contributed by atoms with Crippen LogP contribution in [0.3, 0.4) is 0 Å². The van der Waals surface area contributed by atoms with E-state index in [1.54, 1.807) is 7.11 Å². The van der Waals surface area contributed by atoms with Gasteiger partial charge >= 0.3 is 0 Å². The highest BCUT2D eigenvalue weighted by Gasteiger charge is 2.25. The first kappa shape index (κ1) is 27.1. The summed E-state index contributed by atoms with van der Waals surface area (Å²) in [5.74, 6) is 2.05. The van der Waals surface area contributed by atoms with E-state index < -0.39 is 0 Å². The third-order valence-electron chi connectivity index (χ3n) is 8.85. The van der Waals surface area contributed by atoms with Crippen molar-refractivity contribution in [2.75, 3.05) is 56.7 Å². The number of rotatable bonds is 9. The number of aryl methyl sites for hydroxylation is 1. The van der Waals surface area contributed by atoms with E-state index in [1.807, 2.05) is 18.5 Å². The minimum atomic E-state index is 0.392. The van der Waals surface area contributed by atoms with Gasteiger partial charge in [-0.1, -0.05) is 13.3 Å². The van der Waals surface area contributed by atoms with Gasteiger partial charge in [0.05, 0.1) is 36.8 Å². The van der Waals surface area contributed by atoms with Crippen molar-refractivity contribution in [3.8, 4) is 11.6 Å². The van der Waals surface area contributed by atoms with Gasteiger partial charge in [-0.05, 0) is 81.5 Å². The second-order valence-electron chi connectivity index (χ2n) is 11.8. The molecule has 2 fully saturated rings. The second-order valence-corrected chi connectivity index (χ2v) is 11.8. The number of nitrogens with one attached hydrogen (secondary N) is 1. The zero-order valence-corrected chi connectivity index (χ0v) is 24.2. The van der Waals surface area contributed by atoms with E-state index in [2.05, 4.69) is 39.2 Å². The standard InChI is InChI=1S/C32H44N6O2/c1-23-11-16-37(22-23)15-7-19-40-29-20-28-31(36-32(29)39-2)30(26-9-4-3-5-10-27(26)35-28)34-24-12-17-38(18-13-24)25-8-6-14-33-21-25/h6,8,14,20-21,23-24H,3-5,7,9-13,15-19,22H2,1-2H3,(H,34,35). The molecule has 0 radical (unpaired) electrons. The first-order valence-electron chi connectivity index (χ1n) is 15.3. The van der Waals surface area contributed by atoms with Gasteiger partial charge in [-0.3, -0.25) is 9.97 Å². The van der Waals surface area contributed by atoms with E-state index in [1.165, 1.54) is 55.7 Å². The molecule has 3 aliphatic rings. The van der Waals surface area contributed by atoms with Crippen LogP contribution in [0.2, 0.25) is 0 Å². The fraction of sp³-hybridized carbons (Fsp3) is 0.594. The predicted molar refractivity (Wildman–Crippen MR) is 161 cm³/mol. The molecular weight excluding hydrogens is 500 g/mol. The minimum Gasteiger partial charge on any atom is -0.488 e. The van der Waals surface area contributed by atoms with Crippen LogP contribution in [0.4, 0.5) is 11.4 Å². The number of anilines is 2. The zero-order valence-electron chi connectivity index (χ0n) is 24.2. The number of pyridine rings is 3. The molecule has 0 bridgehead atoms. The Morgan fingerprint density at radius 2 is 1.93 bits per heavy atom. The van der Waals surface area contributed by atoms with Gasteiger partial charge in [-0.25, -0.2) is 4.98 Å². The summed E-state index contributed by atoms with van der Waals surface area (Å²) in [6.45, 7) is 8.50. The largest absolute Gasteiger partial charge is 0.488 e. The van der Waals surface area contributed by atoms with Crippen molar-refractivity contribution in [2.45, 2.75) is 70.8 Å². The summed E-state index contributed by atoms with van der Waals surface area (Å²) in [5.41, 5.74) is 6.75. The van der Waals surface area contributed by atoms with Gasteiger partial charge in [0.1, 0.15) is 5.52 Å². The molecule has 5 heterocycles. The van der Waals surface area contributed by atoms with Crippen LogP contribution in [0, 0.1) is 5.92 Å². The number of hydrogen-bond donors (Lipinski definition) is 1. The van der Waals surface area contributed by atoms with Crippen molar-refractivity contribution in [1.82, 2.24) is 19.9 Å². The SMILES string of the molecule is COc1nc2c(NC3CCN(c4cccnc4)CC3)c3c(nc2cc1OCCCN1CCC(C)C1)CCCCC3. The van der Waals surface area contributed by atoms with E-state index in [-0.39, 0.29) is 0 Å². The minimum absolute atomic E-state index is 0.392. The average Bonchev–Trinajstić information content (AvgIpc) is 3.26. The van der Waals surface area contributed by atoms with Crippen LogP contribution in [0.15, 0.2) is 30.6 Å². The maximum Gasteiger partial charge on any atom is 0.257 e. The molecule has 214 valence electrons. The third-order valence-corrected chi connectivity index (χ3v) is 8.85. The number of hydrogen-bond acceptors (Lipinski definition) is 8. The Morgan fingerprint density at radius 1 is 1.05 bits per heavy atom. The Balaban J connectivity index is 1.21. The Morgan fingerprint density at radius 3 is 2.70 bits per heavy atom. The van der Waals surface area contributed by atoms with Gasteiger partial charge in [0.2, 0.25) is 0 Å². The lowest BCUT2D eigenvalue weighted by molar-refractivity contribution is 0.249. The second kappa shape index (κ2) is 12.6. The Hall–Kier alpha value is -3.13. The first-order chi connectivity index (χ1) is 19.7. The van der Waals surface area contributed by atoms with Crippen LogP contribution >= 0.6 is 0 Å². The molecular formula is C32H44N6O2. The van der Waals surface area contributed by atoms with E-state index in [0.717, 1.165) is 74.4 Å². The monoisotopic (exact) mass is 544 g/mol. The van der Waals surface area contributed by atoms with Crippen molar-refractivity contribution in [3.63, 3.8) is 0 Å². The number of aromatic nitrogens is 3. The average molecular weight is 545 g/mol. The van der Waals surface area contributed by atoms with Crippen LogP contribution < -0.4 is 19.7 Å². The van der Waals surface area contributed by atoms with Crippen LogP contribution in [0.25, 0.3) is 11.0 Å². The van der Waals surface area contributed by atoms with Crippen LogP contribution in [-0.4, -0.2) is 72.3 Å². The molecule has 1 unspecified atom stereocenters. The molecule has 3 aromatic heterocycles. The van der Waals surface area contributed by atoms with Crippen molar-refractivity contribution in [2.24, 2.45) is 5.92 Å². The number of fused-ring (bicyclic) bond motifs is 2. The molecule has 1 atom stereocenters. The van der Waals surface area contributed by atoms with Crippen molar-refractivity contribution >= 4 is 22.4 Å². The third kappa shape index (κ3) is 6.12. The lowest BCUT2D eigenvalue weighted by atomic mass is 10.00. The number of likely N-dealkylation sites (tertiary alicyclic amines) is 1. The summed E-state index contributed by atoms with van der Waals surface area (Å²) < 4.78 is 12.0. The van der Waals surface area contributed by atoms with Gasteiger partial charge in [0.15, 0.2) is 5.75 Å². The summed E-state index contributed by atoms with van der Waals surface area (Å²) in [6, 6.07) is 6.62. The highest BCUT2D eigenvalue weighted by atomic mass is 16.5. The molecule has 0 spiro atoms. The summed E-state index contributed by atoms with van der Waals surface area (Å²) in [7, 11) is 1.69. The van der Waals surface area contributed by atoms with Crippen LogP contribution in [-0.2, 0) is 12.8 Å². The van der Waals surface area contributed by atoms with Gasteiger partial charge in [-0.2, -0.15) is 0 Å². The van der Waals surface area contributed by atoms with Crippen molar-refractivity contribution in [1.29, 1.82) is 0 Å². The molecule has 1 N–H and O–H groups in total. The fourth-order valence-electron chi connectivity index (χ4n) is 6.62. The molecule has 8 nitrogen and oxygen atoms in total. The molecule has 1 aliphatic carbocycles. The molecule has 2 aliphatic heterocycles. The molecule has 0 amide bonds. The number of nitrogens with zero attached hydrogens (tertiary/aromatic N) is 5. The zero-order chi connectivity index (χ0) is 27.3. The molecule has 8 heteroatoms. The molecule has 0 saturated carbocycles. The van der Waals surface area contributed by atoms with Crippen molar-refractivity contribution < 1.29 is 9.47 Å². The highest BCUT2D eigenvalue weighted by molar-refractivity contribution is 5.91. The number of ether oxygens (including phenoxy) is 2. The van der Waals surface area contributed by atoms with E-state index >= 15 is 0 Å². The lowest BCUT2D eigenvalue weighted by Gasteiger charge is -2.34. The number of methoxy groups -OCH3 is 1. The summed E-state index contributed by atoms with van der Waals surface area (Å²) in [6.07, 6.45) is 14.0. The normalized spacial score (nSPS) is 20.4. The fourth-order valence-corrected chi connectivity index (χ4v) is 6.62. The quantitative estimate of drug-likeness (QED) is 0.280. The molecule has 2 saturated heterocycles. The number of piperidine rings is 1. The van der Waals surface area contributed by atoms with E-state index in [0.29, 0.717) is 24.3 Å². The first-order valence-corrected chi connectivity index (χ1v) is 15.3.